The van der Waals surface area contributed by atoms with Crippen molar-refractivity contribution in [3.63, 3.8) is 0 Å². The highest BCUT2D eigenvalue weighted by atomic mass is 13.7. The van der Waals surface area contributed by atoms with Crippen LogP contribution in [0.1, 0.15) is 19.8 Å². The van der Waals surface area contributed by atoms with Gasteiger partial charge in [0.25, 0.3) is 0 Å². The molecule has 0 bridgehead atoms. The molecule has 0 aliphatic carbocycles. The summed E-state index contributed by atoms with van der Waals surface area (Å²) < 4.78 is 0. The maximum Gasteiger partial charge on any atom is -0.0316 e. The lowest BCUT2D eigenvalue weighted by Gasteiger charge is -1.79. The van der Waals surface area contributed by atoms with Gasteiger partial charge in [-0.25, -0.2) is 0 Å². The molecule has 0 aromatic rings. The molecule has 5 heavy (non-hydrogen) atoms. The lowest BCUT2D eigenvalue weighted by molar-refractivity contribution is 0.983. The summed E-state index contributed by atoms with van der Waals surface area (Å²) >= 11 is 0. The quantitative estimate of drug-likeness (QED) is 0.321. The minimum Gasteiger partial charge on any atom is -0.694 e. The number of unbranched alkanes of at least 4 members (excludes halogenated alkanes) is 1. The van der Waals surface area contributed by atoms with Crippen LogP contribution < -0.4 is 0 Å². The lowest BCUT2D eigenvalue weighted by atomic mass is 10.4. The van der Waals surface area contributed by atoms with Crippen LogP contribution in [0.25, 0.3) is 0 Å². The van der Waals surface area contributed by atoms with Crippen molar-refractivity contribution in [2.24, 2.45) is 0 Å². The zero-order valence-electron chi connectivity index (χ0n) is 3.41. The molecule has 0 atom stereocenters. The van der Waals surface area contributed by atoms with Gasteiger partial charge < -0.3 is 12.3 Å². The molecule has 0 N–H and O–H groups in total. The third kappa shape index (κ3) is 3.56. The molecule has 0 spiro atoms. The van der Waals surface area contributed by atoms with E-state index in [2.05, 4.69) is 5.92 Å². The van der Waals surface area contributed by atoms with Crippen molar-refractivity contribution in [1.29, 1.82) is 0 Å². The molecule has 0 rings (SSSR count). The topological polar surface area (TPSA) is 0 Å². The molecule has 0 saturated heterocycles. The minimum absolute atomic E-state index is 0.806. The van der Waals surface area contributed by atoms with Crippen LogP contribution in [0, 0.1) is 12.3 Å². The Morgan fingerprint density at radius 3 is 2.40 bits per heavy atom. The van der Waals surface area contributed by atoms with Crippen LogP contribution in [-0.4, -0.2) is 0 Å². The molecule has 0 saturated carbocycles. The van der Waals surface area contributed by atoms with Crippen molar-refractivity contribution in [3.8, 4) is 5.92 Å². The second-order valence-electron chi connectivity index (χ2n) is 0.927. The summed E-state index contributed by atoms with van der Waals surface area (Å²) in [6, 6.07) is 0. The molecule has 0 radical (unpaired) electrons. The van der Waals surface area contributed by atoms with Gasteiger partial charge in [0.2, 0.25) is 0 Å². The highest BCUT2D eigenvalue weighted by Crippen LogP contribution is 1.77. The predicted molar refractivity (Wildman–Crippen MR) is 22.0 cm³/mol. The van der Waals surface area contributed by atoms with Crippen molar-refractivity contribution in [3.05, 3.63) is 6.42 Å². The largest absolute Gasteiger partial charge is 0.694 e. The highest BCUT2D eigenvalue weighted by Gasteiger charge is 1.55. The zero-order chi connectivity index (χ0) is 4.12. The Balaban J connectivity index is 2.48. The first-order valence-electron chi connectivity index (χ1n) is 1.81. The van der Waals surface area contributed by atoms with Gasteiger partial charge in [-0.1, -0.05) is 6.92 Å². The summed E-state index contributed by atoms with van der Waals surface area (Å²) in [7, 11) is 0. The summed E-state index contributed by atoms with van der Waals surface area (Å²) in [5, 5.41) is 0. The zero-order valence-corrected chi connectivity index (χ0v) is 3.41. The van der Waals surface area contributed by atoms with Crippen LogP contribution in [0.15, 0.2) is 0 Å². The van der Waals surface area contributed by atoms with Crippen LogP contribution in [0.3, 0.4) is 0 Å². The Kier molecular flexibility index (Phi) is 3.25. The monoisotopic (exact) mass is 67.1 g/mol. The Labute approximate surface area is 33.2 Å². The van der Waals surface area contributed by atoms with E-state index >= 15 is 0 Å². The van der Waals surface area contributed by atoms with Crippen molar-refractivity contribution >= 4 is 0 Å². The minimum atomic E-state index is 0.806. The van der Waals surface area contributed by atoms with Crippen LogP contribution in [0.5, 0.6) is 0 Å². The second kappa shape index (κ2) is 3.56. The first-order chi connectivity index (χ1) is 2.41. The summed E-state index contributed by atoms with van der Waals surface area (Å²) in [5.41, 5.74) is 0. The third-order valence-electron chi connectivity index (χ3n) is 0.375. The van der Waals surface area contributed by atoms with Crippen LogP contribution in [0.2, 0.25) is 0 Å². The SMILES string of the molecule is [C-]#CCCC. The summed E-state index contributed by atoms with van der Waals surface area (Å²) in [4.78, 5) is 0. The predicted octanol–water partition coefficient (Wildman–Crippen LogP) is 1.38. The molecule has 0 aliphatic heterocycles. The Morgan fingerprint density at radius 2 is 2.40 bits per heavy atom. The van der Waals surface area contributed by atoms with Gasteiger partial charge in [0.05, 0.1) is 0 Å². The number of hydrogen-bond acceptors (Lipinski definition) is 0. The summed E-state index contributed by atoms with van der Waals surface area (Å²) in [6.07, 6.45) is 8.20. The Hall–Kier alpha value is -0.440. The summed E-state index contributed by atoms with van der Waals surface area (Å²) in [5.74, 6) is 2.27. The van der Waals surface area contributed by atoms with Gasteiger partial charge in [-0.3, -0.25) is 0 Å². The van der Waals surface area contributed by atoms with Gasteiger partial charge in [0.15, 0.2) is 0 Å². The van der Waals surface area contributed by atoms with E-state index in [1.165, 1.54) is 0 Å². The van der Waals surface area contributed by atoms with Crippen LogP contribution in [0.4, 0.5) is 0 Å². The molecule has 0 heterocycles. The second-order valence-corrected chi connectivity index (χ2v) is 0.927. The average Bonchev–Trinajstić information content (AvgIpc) is 1.41. The van der Waals surface area contributed by atoms with Crippen molar-refractivity contribution < 1.29 is 0 Å². The highest BCUT2D eigenvalue weighted by molar-refractivity contribution is 4.72. The van der Waals surface area contributed by atoms with Crippen LogP contribution in [-0.2, 0) is 0 Å². The van der Waals surface area contributed by atoms with Crippen LogP contribution >= 0.6 is 0 Å². The van der Waals surface area contributed by atoms with Gasteiger partial charge >= 0.3 is 0 Å². The first kappa shape index (κ1) is 4.56. The molecule has 0 unspecified atom stereocenters. The Morgan fingerprint density at radius 1 is 1.80 bits per heavy atom. The van der Waals surface area contributed by atoms with Gasteiger partial charge in [-0.15, -0.1) is 0 Å². The lowest BCUT2D eigenvalue weighted by Crippen LogP contribution is -1.53. The molecule has 0 amide bonds. The number of rotatable bonds is 1. The molecule has 0 nitrogen and oxygen atoms in total. The van der Waals surface area contributed by atoms with E-state index in [9.17, 15) is 0 Å². The molecule has 28 valence electrons. The van der Waals surface area contributed by atoms with Gasteiger partial charge in [-0.05, 0) is 12.8 Å². The fraction of sp³-hybridized carbons (Fsp3) is 0.600. The van der Waals surface area contributed by atoms with Gasteiger partial charge in [0, 0.05) is 0 Å². The van der Waals surface area contributed by atoms with Gasteiger partial charge in [-0.2, -0.15) is 0 Å². The van der Waals surface area contributed by atoms with E-state index < -0.39 is 0 Å². The third-order valence-corrected chi connectivity index (χ3v) is 0.375. The standard InChI is InChI=1S/C5H7/c1-3-5-4-2/h3,5H2,1H3/q-1. The maximum absolute atomic E-state index is 6.35. The fourth-order valence-electron chi connectivity index (χ4n) is 0.125. The normalized spacial score (nSPS) is 6.40. The fourth-order valence-corrected chi connectivity index (χ4v) is 0.125. The van der Waals surface area contributed by atoms with E-state index in [1.807, 2.05) is 6.92 Å². The summed E-state index contributed by atoms with van der Waals surface area (Å²) in [6.45, 7) is 2.03. The van der Waals surface area contributed by atoms with Crippen molar-refractivity contribution in [1.82, 2.24) is 0 Å². The molecule has 0 aromatic carbocycles. The molecular formula is C5H7-. The number of hydrogen-bond donors (Lipinski definition) is 0. The smallest absolute Gasteiger partial charge is 0.0316 e. The van der Waals surface area contributed by atoms with E-state index in [-0.39, 0.29) is 0 Å². The average molecular weight is 67.1 g/mol. The maximum atomic E-state index is 6.35. The van der Waals surface area contributed by atoms with E-state index in [0.717, 1.165) is 12.8 Å². The molecule has 0 aliphatic rings. The van der Waals surface area contributed by atoms with Gasteiger partial charge in [0.1, 0.15) is 0 Å². The van der Waals surface area contributed by atoms with Crippen molar-refractivity contribution in [2.45, 2.75) is 19.8 Å². The Bertz CT molecular complexity index is 38.5. The molecular weight excluding hydrogens is 60.1 g/mol. The van der Waals surface area contributed by atoms with E-state index in [4.69, 9.17) is 6.42 Å². The molecule has 0 heteroatoms. The van der Waals surface area contributed by atoms with Crippen molar-refractivity contribution in [2.75, 3.05) is 0 Å². The van der Waals surface area contributed by atoms with E-state index in [0.29, 0.717) is 0 Å². The molecule has 0 aromatic heterocycles. The molecule has 0 fully saturated rings. The first-order valence-corrected chi connectivity index (χ1v) is 1.81. The van der Waals surface area contributed by atoms with E-state index in [1.54, 1.807) is 0 Å².